The molecule has 2 aromatic rings. The van der Waals surface area contributed by atoms with Gasteiger partial charge in [-0.2, -0.15) is 0 Å². The van der Waals surface area contributed by atoms with E-state index >= 15 is 0 Å². The summed E-state index contributed by atoms with van der Waals surface area (Å²) < 4.78 is 5.21. The smallest absolute Gasteiger partial charge is 0.230 e. The highest BCUT2D eigenvalue weighted by Crippen LogP contribution is 2.22. The molecule has 2 aromatic carbocycles. The first-order valence-electron chi connectivity index (χ1n) is 8.55. The lowest BCUT2D eigenvalue weighted by Crippen LogP contribution is -2.37. The second-order valence-electron chi connectivity index (χ2n) is 6.24. The van der Waals surface area contributed by atoms with Crippen LogP contribution in [0, 0.1) is 0 Å². The highest BCUT2D eigenvalue weighted by molar-refractivity contribution is 8.00. The third-order valence-electron chi connectivity index (χ3n) is 4.30. The van der Waals surface area contributed by atoms with Gasteiger partial charge in [0, 0.05) is 30.6 Å². The van der Waals surface area contributed by atoms with Crippen molar-refractivity contribution >= 4 is 17.7 Å². The molecular weight excluding hydrogens is 332 g/mol. The number of benzene rings is 2. The van der Waals surface area contributed by atoms with Gasteiger partial charge in [0.25, 0.3) is 0 Å². The van der Waals surface area contributed by atoms with Crippen LogP contribution >= 0.6 is 11.8 Å². The fourth-order valence-electron chi connectivity index (χ4n) is 3.04. The minimum atomic E-state index is 0.0966. The van der Waals surface area contributed by atoms with E-state index in [9.17, 15) is 4.79 Å². The first-order valence-corrected chi connectivity index (χ1v) is 9.54. The first kappa shape index (κ1) is 17.8. The summed E-state index contributed by atoms with van der Waals surface area (Å²) in [5.74, 6) is 1.35. The van der Waals surface area contributed by atoms with Crippen LogP contribution in [0.3, 0.4) is 0 Å². The van der Waals surface area contributed by atoms with E-state index in [2.05, 4.69) is 34.5 Å². The quantitative estimate of drug-likeness (QED) is 0.774. The van der Waals surface area contributed by atoms with E-state index in [1.807, 2.05) is 30.3 Å². The molecule has 0 aliphatic carbocycles. The number of carbonyl (C=O) groups is 1. The van der Waals surface area contributed by atoms with Crippen molar-refractivity contribution < 1.29 is 9.53 Å². The average molecular weight is 356 g/mol. The maximum atomic E-state index is 12.2. The number of carbonyl (C=O) groups excluding carboxylic acids is 1. The second kappa shape index (κ2) is 8.92. The van der Waals surface area contributed by atoms with E-state index in [-0.39, 0.29) is 11.9 Å². The van der Waals surface area contributed by atoms with Gasteiger partial charge in [0.05, 0.1) is 12.9 Å². The van der Waals surface area contributed by atoms with E-state index < -0.39 is 0 Å². The Morgan fingerprint density at radius 2 is 2.08 bits per heavy atom. The van der Waals surface area contributed by atoms with Crippen molar-refractivity contribution in [2.24, 2.45) is 0 Å². The fourth-order valence-corrected chi connectivity index (χ4v) is 3.80. The van der Waals surface area contributed by atoms with Crippen LogP contribution in [0.4, 0.5) is 0 Å². The SMILES string of the molecule is COc1cccc(SCC(=O)NC2CCN(Cc3ccccc3)C2)c1. The Morgan fingerprint density at radius 1 is 1.24 bits per heavy atom. The zero-order valence-electron chi connectivity index (χ0n) is 14.5. The van der Waals surface area contributed by atoms with Crippen LogP contribution < -0.4 is 10.1 Å². The zero-order valence-corrected chi connectivity index (χ0v) is 15.3. The molecule has 1 saturated heterocycles. The summed E-state index contributed by atoms with van der Waals surface area (Å²) in [6.07, 6.45) is 1.02. The van der Waals surface area contributed by atoms with Crippen molar-refractivity contribution in [2.75, 3.05) is 26.0 Å². The summed E-state index contributed by atoms with van der Waals surface area (Å²) in [6, 6.07) is 18.5. The number of hydrogen-bond acceptors (Lipinski definition) is 4. The number of hydrogen-bond donors (Lipinski definition) is 1. The average Bonchev–Trinajstić information content (AvgIpc) is 3.08. The van der Waals surface area contributed by atoms with Crippen molar-refractivity contribution in [3.63, 3.8) is 0 Å². The van der Waals surface area contributed by atoms with Gasteiger partial charge in [-0.1, -0.05) is 36.4 Å². The molecule has 0 radical (unpaired) electrons. The van der Waals surface area contributed by atoms with Crippen molar-refractivity contribution in [3.8, 4) is 5.75 Å². The number of likely N-dealkylation sites (tertiary alicyclic amines) is 1. The van der Waals surface area contributed by atoms with Gasteiger partial charge >= 0.3 is 0 Å². The lowest BCUT2D eigenvalue weighted by molar-refractivity contribution is -0.119. The molecule has 4 nitrogen and oxygen atoms in total. The van der Waals surface area contributed by atoms with E-state index in [1.54, 1.807) is 7.11 Å². The van der Waals surface area contributed by atoms with Crippen LogP contribution in [0.25, 0.3) is 0 Å². The van der Waals surface area contributed by atoms with Crippen molar-refractivity contribution in [3.05, 3.63) is 60.2 Å². The van der Waals surface area contributed by atoms with Crippen molar-refractivity contribution in [1.82, 2.24) is 10.2 Å². The number of rotatable bonds is 7. The van der Waals surface area contributed by atoms with Gasteiger partial charge in [0.15, 0.2) is 0 Å². The van der Waals surface area contributed by atoms with Gasteiger partial charge in [-0.25, -0.2) is 0 Å². The summed E-state index contributed by atoms with van der Waals surface area (Å²) >= 11 is 1.54. The molecule has 1 heterocycles. The van der Waals surface area contributed by atoms with Crippen LogP contribution in [0.2, 0.25) is 0 Å². The fraction of sp³-hybridized carbons (Fsp3) is 0.350. The number of nitrogens with zero attached hydrogens (tertiary/aromatic N) is 1. The summed E-state index contributed by atoms with van der Waals surface area (Å²) in [4.78, 5) is 15.7. The van der Waals surface area contributed by atoms with Gasteiger partial charge in [0.1, 0.15) is 5.75 Å². The van der Waals surface area contributed by atoms with E-state index in [0.717, 1.165) is 36.7 Å². The third-order valence-corrected chi connectivity index (χ3v) is 5.29. The van der Waals surface area contributed by atoms with E-state index in [4.69, 9.17) is 4.74 Å². The summed E-state index contributed by atoms with van der Waals surface area (Å²) in [5, 5.41) is 3.16. The molecule has 1 aliphatic heterocycles. The van der Waals surface area contributed by atoms with Crippen molar-refractivity contribution in [2.45, 2.75) is 23.9 Å². The van der Waals surface area contributed by atoms with E-state index in [0.29, 0.717) is 5.75 Å². The van der Waals surface area contributed by atoms with Crippen molar-refractivity contribution in [1.29, 1.82) is 0 Å². The number of thioether (sulfide) groups is 1. The standard InChI is InChI=1S/C20H24N2O2S/c1-24-18-8-5-9-19(12-18)25-15-20(23)21-17-10-11-22(14-17)13-16-6-3-2-4-7-16/h2-9,12,17H,10-11,13-15H2,1H3,(H,21,23). The minimum absolute atomic E-state index is 0.0966. The lowest BCUT2D eigenvalue weighted by atomic mass is 10.2. The van der Waals surface area contributed by atoms with E-state index in [1.165, 1.54) is 17.3 Å². The maximum Gasteiger partial charge on any atom is 0.230 e. The predicted molar refractivity (Wildman–Crippen MR) is 102 cm³/mol. The van der Waals surface area contributed by atoms with Crippen LogP contribution in [0.5, 0.6) is 5.75 Å². The molecule has 1 aliphatic rings. The molecule has 1 fully saturated rings. The molecule has 25 heavy (non-hydrogen) atoms. The summed E-state index contributed by atoms with van der Waals surface area (Å²) in [6.45, 7) is 2.90. The molecule has 1 N–H and O–H groups in total. The Morgan fingerprint density at radius 3 is 2.88 bits per heavy atom. The zero-order chi connectivity index (χ0) is 17.5. The van der Waals surface area contributed by atoms with Gasteiger partial charge in [-0.15, -0.1) is 11.8 Å². The lowest BCUT2D eigenvalue weighted by Gasteiger charge is -2.16. The number of methoxy groups -OCH3 is 1. The Hall–Kier alpha value is -1.98. The Balaban J connectivity index is 1.41. The number of amides is 1. The Kier molecular flexibility index (Phi) is 6.36. The third kappa shape index (κ3) is 5.51. The first-order chi connectivity index (χ1) is 12.2. The van der Waals surface area contributed by atoms with Crippen LogP contribution in [0.1, 0.15) is 12.0 Å². The molecule has 0 saturated carbocycles. The van der Waals surface area contributed by atoms with Gasteiger partial charge < -0.3 is 10.1 Å². The molecule has 0 aromatic heterocycles. The molecule has 132 valence electrons. The molecule has 0 bridgehead atoms. The molecule has 1 atom stereocenters. The Labute approximate surface area is 153 Å². The molecule has 0 spiro atoms. The highest BCUT2D eigenvalue weighted by Gasteiger charge is 2.23. The van der Waals surface area contributed by atoms with Crippen LogP contribution in [0.15, 0.2) is 59.5 Å². The predicted octanol–water partition coefficient (Wildman–Crippen LogP) is 3.18. The normalized spacial score (nSPS) is 17.4. The van der Waals surface area contributed by atoms with Gasteiger partial charge in [-0.05, 0) is 30.2 Å². The van der Waals surface area contributed by atoms with Crippen LogP contribution in [-0.4, -0.2) is 42.8 Å². The minimum Gasteiger partial charge on any atom is -0.497 e. The summed E-state index contributed by atoms with van der Waals surface area (Å²) in [7, 11) is 1.65. The maximum absolute atomic E-state index is 12.2. The summed E-state index contributed by atoms with van der Waals surface area (Å²) in [5.41, 5.74) is 1.32. The molecule has 1 unspecified atom stereocenters. The molecule has 5 heteroatoms. The monoisotopic (exact) mass is 356 g/mol. The largest absolute Gasteiger partial charge is 0.497 e. The number of ether oxygens (including phenoxy) is 1. The van der Waals surface area contributed by atoms with Gasteiger partial charge in [0.2, 0.25) is 5.91 Å². The highest BCUT2D eigenvalue weighted by atomic mass is 32.2. The molecular formula is C20H24N2O2S. The molecule has 1 amide bonds. The van der Waals surface area contributed by atoms with Crippen LogP contribution in [-0.2, 0) is 11.3 Å². The number of nitrogens with one attached hydrogen (secondary N) is 1. The molecule has 3 rings (SSSR count). The Bertz CT molecular complexity index is 693. The topological polar surface area (TPSA) is 41.6 Å². The van der Waals surface area contributed by atoms with Gasteiger partial charge in [-0.3, -0.25) is 9.69 Å². The second-order valence-corrected chi connectivity index (χ2v) is 7.29.